The summed E-state index contributed by atoms with van der Waals surface area (Å²) in [6, 6.07) is -0.671. The fourth-order valence-corrected chi connectivity index (χ4v) is 1.62. The topological polar surface area (TPSA) is 83.6 Å². The predicted molar refractivity (Wildman–Crippen MR) is 59.8 cm³/mol. The normalized spacial score (nSPS) is 16.9. The van der Waals surface area contributed by atoms with Gasteiger partial charge < -0.3 is 15.7 Å². The number of amides is 1. The molecule has 0 aliphatic heterocycles. The molecule has 5 heteroatoms. The molecule has 1 unspecified atom stereocenters. The number of carboxylic acid groups (broad SMARTS) is 1. The van der Waals surface area contributed by atoms with Crippen LogP contribution in [0.3, 0.4) is 0 Å². The molecule has 0 spiro atoms. The van der Waals surface area contributed by atoms with E-state index in [9.17, 15) is 9.59 Å². The molecule has 3 N–H and O–H groups in total. The lowest BCUT2D eigenvalue weighted by atomic mass is 10.1. The minimum absolute atomic E-state index is 0.0477. The molecule has 92 valence electrons. The predicted octanol–water partition coefficient (Wildman–Crippen LogP) is 0.437. The summed E-state index contributed by atoms with van der Waals surface area (Å²) in [4.78, 5) is 24.0. The highest BCUT2D eigenvalue weighted by Gasteiger charge is 2.28. The number of nitrogens with zero attached hydrogens (tertiary/aromatic N) is 1. The van der Waals surface area contributed by atoms with Crippen molar-refractivity contribution in [1.29, 1.82) is 0 Å². The molecule has 1 amide bonds. The van der Waals surface area contributed by atoms with Gasteiger partial charge in [0.15, 0.2) is 0 Å². The zero-order valence-corrected chi connectivity index (χ0v) is 9.69. The van der Waals surface area contributed by atoms with Crippen LogP contribution in [0.1, 0.15) is 32.6 Å². The van der Waals surface area contributed by atoms with Gasteiger partial charge in [0.2, 0.25) is 5.91 Å². The van der Waals surface area contributed by atoms with Crippen molar-refractivity contribution in [2.24, 2.45) is 11.7 Å². The Morgan fingerprint density at radius 1 is 1.50 bits per heavy atom. The van der Waals surface area contributed by atoms with Crippen molar-refractivity contribution in [3.05, 3.63) is 0 Å². The molecule has 1 fully saturated rings. The molecule has 1 saturated carbocycles. The number of hydrogen-bond donors (Lipinski definition) is 2. The number of carbonyl (C=O) groups is 2. The first-order valence-electron chi connectivity index (χ1n) is 5.80. The van der Waals surface area contributed by atoms with Gasteiger partial charge in [0.25, 0.3) is 0 Å². The van der Waals surface area contributed by atoms with E-state index in [1.807, 2.05) is 6.92 Å². The fraction of sp³-hybridized carbons (Fsp3) is 0.818. The van der Waals surface area contributed by atoms with Crippen molar-refractivity contribution >= 4 is 11.9 Å². The van der Waals surface area contributed by atoms with Gasteiger partial charge in [-0.1, -0.05) is 0 Å². The second-order valence-corrected chi connectivity index (χ2v) is 4.36. The lowest BCUT2D eigenvalue weighted by molar-refractivity contribution is -0.137. The molecule has 1 atom stereocenters. The molecule has 5 nitrogen and oxygen atoms in total. The SMILES string of the molecule is CCN(CC1CC1)C(=O)C(N)CCC(=O)O. The van der Waals surface area contributed by atoms with E-state index < -0.39 is 12.0 Å². The number of nitrogens with two attached hydrogens (primary N) is 1. The minimum Gasteiger partial charge on any atom is -0.481 e. The minimum atomic E-state index is -0.909. The van der Waals surface area contributed by atoms with Crippen LogP contribution in [0.4, 0.5) is 0 Å². The molecule has 0 heterocycles. The Morgan fingerprint density at radius 3 is 2.56 bits per heavy atom. The largest absolute Gasteiger partial charge is 0.481 e. The Bertz CT molecular complexity index is 264. The van der Waals surface area contributed by atoms with Gasteiger partial charge in [-0.2, -0.15) is 0 Å². The Hall–Kier alpha value is -1.10. The number of carboxylic acids is 1. The quantitative estimate of drug-likeness (QED) is 0.662. The van der Waals surface area contributed by atoms with Gasteiger partial charge in [0.05, 0.1) is 6.04 Å². The number of rotatable bonds is 7. The van der Waals surface area contributed by atoms with Gasteiger partial charge in [0, 0.05) is 19.5 Å². The maximum Gasteiger partial charge on any atom is 0.303 e. The van der Waals surface area contributed by atoms with Crippen molar-refractivity contribution < 1.29 is 14.7 Å². The summed E-state index contributed by atoms with van der Waals surface area (Å²) in [7, 11) is 0. The van der Waals surface area contributed by atoms with Crippen LogP contribution in [0.5, 0.6) is 0 Å². The molecular weight excluding hydrogens is 208 g/mol. The van der Waals surface area contributed by atoms with Crippen molar-refractivity contribution in [2.75, 3.05) is 13.1 Å². The molecule has 1 aliphatic carbocycles. The summed E-state index contributed by atoms with van der Waals surface area (Å²) in [5, 5.41) is 8.51. The second kappa shape index (κ2) is 5.84. The molecule has 0 aromatic heterocycles. The van der Waals surface area contributed by atoms with Gasteiger partial charge in [-0.05, 0) is 32.1 Å². The zero-order valence-electron chi connectivity index (χ0n) is 9.69. The maximum absolute atomic E-state index is 11.9. The number of aliphatic carboxylic acids is 1. The van der Waals surface area contributed by atoms with Crippen LogP contribution in [0.2, 0.25) is 0 Å². The highest BCUT2D eigenvalue weighted by molar-refractivity contribution is 5.82. The van der Waals surface area contributed by atoms with Crippen LogP contribution in [0, 0.1) is 5.92 Å². The zero-order chi connectivity index (χ0) is 12.1. The summed E-state index contributed by atoms with van der Waals surface area (Å²) in [5.41, 5.74) is 5.68. The van der Waals surface area contributed by atoms with Crippen LogP contribution in [0.25, 0.3) is 0 Å². The van der Waals surface area contributed by atoms with Crippen molar-refractivity contribution in [1.82, 2.24) is 4.90 Å². The second-order valence-electron chi connectivity index (χ2n) is 4.36. The smallest absolute Gasteiger partial charge is 0.303 e. The average molecular weight is 228 g/mol. The van der Waals surface area contributed by atoms with Gasteiger partial charge in [-0.25, -0.2) is 0 Å². The summed E-state index contributed by atoms with van der Waals surface area (Å²) in [5.74, 6) is -0.389. The van der Waals surface area contributed by atoms with Crippen molar-refractivity contribution in [2.45, 2.75) is 38.6 Å². The highest BCUT2D eigenvalue weighted by atomic mass is 16.4. The third-order valence-corrected chi connectivity index (χ3v) is 2.86. The third-order valence-electron chi connectivity index (χ3n) is 2.86. The van der Waals surface area contributed by atoms with E-state index in [2.05, 4.69) is 0 Å². The highest BCUT2D eigenvalue weighted by Crippen LogP contribution is 2.29. The lowest BCUT2D eigenvalue weighted by Crippen LogP contribution is -2.44. The molecule has 1 aliphatic rings. The summed E-state index contributed by atoms with van der Waals surface area (Å²) in [6.45, 7) is 3.34. The Kier molecular flexibility index (Phi) is 4.73. The number of likely N-dealkylation sites (N-methyl/N-ethyl adjacent to an activating group) is 1. The van der Waals surface area contributed by atoms with Gasteiger partial charge in [-0.3, -0.25) is 9.59 Å². The van der Waals surface area contributed by atoms with Gasteiger partial charge >= 0.3 is 5.97 Å². The first-order valence-corrected chi connectivity index (χ1v) is 5.80. The Balaban J connectivity index is 2.36. The van der Waals surface area contributed by atoms with E-state index in [4.69, 9.17) is 10.8 Å². The Labute approximate surface area is 95.6 Å². The van der Waals surface area contributed by atoms with E-state index in [1.165, 1.54) is 12.8 Å². The van der Waals surface area contributed by atoms with Crippen molar-refractivity contribution in [3.8, 4) is 0 Å². The lowest BCUT2D eigenvalue weighted by Gasteiger charge is -2.24. The summed E-state index contributed by atoms with van der Waals surface area (Å²) in [6.07, 6.45) is 2.55. The average Bonchev–Trinajstić information content (AvgIpc) is 3.05. The van der Waals surface area contributed by atoms with Crippen LogP contribution < -0.4 is 5.73 Å². The summed E-state index contributed by atoms with van der Waals surface area (Å²) >= 11 is 0. The molecule has 0 bridgehead atoms. The van der Waals surface area contributed by atoms with E-state index >= 15 is 0 Å². The van der Waals surface area contributed by atoms with Crippen LogP contribution >= 0.6 is 0 Å². The standard InChI is InChI=1S/C11H20N2O3/c1-2-13(7-8-3-4-8)11(16)9(12)5-6-10(14)15/h8-9H,2-7,12H2,1H3,(H,14,15). The van der Waals surface area contributed by atoms with Crippen LogP contribution in [-0.4, -0.2) is 41.0 Å². The maximum atomic E-state index is 11.9. The van der Waals surface area contributed by atoms with Crippen LogP contribution in [-0.2, 0) is 9.59 Å². The molecule has 0 aromatic rings. The van der Waals surface area contributed by atoms with Crippen LogP contribution in [0.15, 0.2) is 0 Å². The third kappa shape index (κ3) is 4.18. The van der Waals surface area contributed by atoms with E-state index in [1.54, 1.807) is 4.90 Å². The molecule has 0 aromatic carbocycles. The number of carbonyl (C=O) groups excluding carboxylic acids is 1. The fourth-order valence-electron chi connectivity index (χ4n) is 1.62. The molecule has 0 radical (unpaired) electrons. The van der Waals surface area contributed by atoms with E-state index in [0.717, 1.165) is 6.54 Å². The first-order chi connectivity index (χ1) is 7.54. The number of hydrogen-bond acceptors (Lipinski definition) is 3. The van der Waals surface area contributed by atoms with E-state index in [-0.39, 0.29) is 18.7 Å². The first kappa shape index (κ1) is 13.0. The summed E-state index contributed by atoms with van der Waals surface area (Å²) < 4.78 is 0. The molecule has 1 rings (SSSR count). The van der Waals surface area contributed by atoms with E-state index in [0.29, 0.717) is 12.5 Å². The molecule has 0 saturated heterocycles. The molecule has 16 heavy (non-hydrogen) atoms. The van der Waals surface area contributed by atoms with Gasteiger partial charge in [-0.15, -0.1) is 0 Å². The van der Waals surface area contributed by atoms with Gasteiger partial charge in [0.1, 0.15) is 0 Å². The molecular formula is C11H20N2O3. The Morgan fingerprint density at radius 2 is 2.12 bits per heavy atom. The van der Waals surface area contributed by atoms with Crippen molar-refractivity contribution in [3.63, 3.8) is 0 Å². The monoisotopic (exact) mass is 228 g/mol.